The van der Waals surface area contributed by atoms with Gasteiger partial charge in [-0.15, -0.1) is 0 Å². The summed E-state index contributed by atoms with van der Waals surface area (Å²) in [5.74, 6) is -0.989. The number of benzene rings is 1. The summed E-state index contributed by atoms with van der Waals surface area (Å²) in [7, 11) is 1.32. The summed E-state index contributed by atoms with van der Waals surface area (Å²) in [5, 5.41) is 0. The molecule has 0 saturated carbocycles. The number of hydrogen-bond donors (Lipinski definition) is 0. The zero-order valence-electron chi connectivity index (χ0n) is 13.3. The molecule has 4 nitrogen and oxygen atoms in total. The predicted octanol–water partition coefficient (Wildman–Crippen LogP) is -0.526. The van der Waals surface area contributed by atoms with E-state index >= 15 is 0 Å². The minimum absolute atomic E-state index is 0. The van der Waals surface area contributed by atoms with Crippen LogP contribution in [0.25, 0.3) is 0 Å². The SMILES string of the molecule is COc1ccc([B-](F)(F)F)c(OCC(=O)OC(C)(C)C)c1.[K+]. The van der Waals surface area contributed by atoms with E-state index < -0.39 is 36.4 Å². The Morgan fingerprint density at radius 1 is 1.23 bits per heavy atom. The minimum atomic E-state index is -5.25. The Kier molecular flexibility index (Phi) is 8.50. The molecule has 0 radical (unpaired) electrons. The Labute approximate surface area is 170 Å². The molecule has 0 aliphatic rings. The van der Waals surface area contributed by atoms with E-state index in [1.54, 1.807) is 20.8 Å². The number of carbonyl (C=O) groups excluding carboxylic acids is 1. The van der Waals surface area contributed by atoms with E-state index in [0.29, 0.717) is 0 Å². The standard InChI is InChI=1S/C13H17BF3O4.K/c1-13(2,3)21-12(18)8-20-11-7-9(19-4)5-6-10(11)14(15,16)17;/h5-7H,8H2,1-4H3;/q-1;+1. The summed E-state index contributed by atoms with van der Waals surface area (Å²) < 4.78 is 53.5. The maximum absolute atomic E-state index is 12.9. The van der Waals surface area contributed by atoms with Crippen LogP contribution in [0, 0.1) is 0 Å². The number of halogens is 3. The summed E-state index contributed by atoms with van der Waals surface area (Å²) in [5.41, 5.74) is -1.65. The molecule has 0 aromatic heterocycles. The van der Waals surface area contributed by atoms with Gasteiger partial charge in [0.15, 0.2) is 6.61 Å². The molecule has 1 aromatic carbocycles. The third-order valence-electron chi connectivity index (χ3n) is 2.34. The van der Waals surface area contributed by atoms with Crippen molar-refractivity contribution < 1.29 is 83.3 Å². The van der Waals surface area contributed by atoms with Crippen molar-refractivity contribution in [3.63, 3.8) is 0 Å². The van der Waals surface area contributed by atoms with E-state index in [1.807, 2.05) is 0 Å². The van der Waals surface area contributed by atoms with Gasteiger partial charge in [0.05, 0.1) is 12.9 Å². The van der Waals surface area contributed by atoms with Crippen molar-refractivity contribution in [2.75, 3.05) is 13.7 Å². The van der Waals surface area contributed by atoms with E-state index in [4.69, 9.17) is 14.2 Å². The molecule has 0 amide bonds. The van der Waals surface area contributed by atoms with Crippen LogP contribution in [0.3, 0.4) is 0 Å². The molecule has 0 saturated heterocycles. The van der Waals surface area contributed by atoms with E-state index in [2.05, 4.69) is 0 Å². The van der Waals surface area contributed by atoms with E-state index in [1.165, 1.54) is 13.2 Å². The molecule has 0 heterocycles. The first-order valence-corrected chi connectivity index (χ1v) is 6.25. The van der Waals surface area contributed by atoms with Gasteiger partial charge in [-0.25, -0.2) is 4.79 Å². The van der Waals surface area contributed by atoms with Gasteiger partial charge < -0.3 is 27.2 Å². The zero-order valence-corrected chi connectivity index (χ0v) is 16.4. The first-order chi connectivity index (χ1) is 9.53. The van der Waals surface area contributed by atoms with Crippen molar-refractivity contribution in [3.8, 4) is 11.5 Å². The van der Waals surface area contributed by atoms with Crippen LogP contribution in [0.2, 0.25) is 0 Å². The van der Waals surface area contributed by atoms with Crippen LogP contribution < -0.4 is 66.3 Å². The maximum atomic E-state index is 12.9. The van der Waals surface area contributed by atoms with Crippen molar-refractivity contribution >= 4 is 18.4 Å². The second kappa shape index (κ2) is 8.58. The number of hydrogen-bond acceptors (Lipinski definition) is 4. The fourth-order valence-corrected chi connectivity index (χ4v) is 1.54. The first kappa shape index (κ1) is 21.8. The van der Waals surface area contributed by atoms with Crippen molar-refractivity contribution in [1.29, 1.82) is 0 Å². The van der Waals surface area contributed by atoms with E-state index in [9.17, 15) is 17.7 Å². The van der Waals surface area contributed by atoms with E-state index in [-0.39, 0.29) is 57.1 Å². The minimum Gasteiger partial charge on any atom is -0.497 e. The molecule has 118 valence electrons. The predicted molar refractivity (Wildman–Crippen MR) is 73.0 cm³/mol. The molecule has 1 rings (SSSR count). The van der Waals surface area contributed by atoms with Gasteiger partial charge in [-0.1, -0.05) is 11.5 Å². The van der Waals surface area contributed by atoms with Gasteiger partial charge in [-0.05, 0) is 26.8 Å². The van der Waals surface area contributed by atoms with Crippen LogP contribution in [0.15, 0.2) is 18.2 Å². The second-order valence-corrected chi connectivity index (χ2v) is 5.35. The van der Waals surface area contributed by atoms with Crippen molar-refractivity contribution in [1.82, 2.24) is 0 Å². The summed E-state index contributed by atoms with van der Waals surface area (Å²) in [4.78, 5) is 11.5. The molecule has 0 aliphatic heterocycles. The third kappa shape index (κ3) is 7.36. The van der Waals surface area contributed by atoms with Crippen LogP contribution in [0.5, 0.6) is 11.5 Å². The molecule has 1 aromatic rings. The number of rotatable bonds is 5. The van der Waals surface area contributed by atoms with Crippen molar-refractivity contribution in [2.24, 2.45) is 0 Å². The van der Waals surface area contributed by atoms with E-state index in [0.717, 1.165) is 12.1 Å². The Morgan fingerprint density at radius 2 is 1.82 bits per heavy atom. The van der Waals surface area contributed by atoms with Crippen LogP contribution in [-0.4, -0.2) is 32.3 Å². The van der Waals surface area contributed by atoms with Crippen molar-refractivity contribution in [2.45, 2.75) is 26.4 Å². The topological polar surface area (TPSA) is 44.8 Å². The Morgan fingerprint density at radius 3 is 2.27 bits per heavy atom. The van der Waals surface area contributed by atoms with Crippen LogP contribution >= 0.6 is 0 Å². The maximum Gasteiger partial charge on any atom is 1.00 e. The van der Waals surface area contributed by atoms with Gasteiger partial charge in [-0.3, -0.25) is 0 Å². The van der Waals surface area contributed by atoms with Crippen molar-refractivity contribution in [3.05, 3.63) is 18.2 Å². The average Bonchev–Trinajstić information content (AvgIpc) is 2.32. The van der Waals surface area contributed by atoms with Gasteiger partial charge in [0.25, 0.3) is 0 Å². The number of esters is 1. The molecular weight excluding hydrogens is 327 g/mol. The van der Waals surface area contributed by atoms with Gasteiger partial charge in [0, 0.05) is 6.07 Å². The van der Waals surface area contributed by atoms with Crippen LogP contribution in [0.1, 0.15) is 20.8 Å². The summed E-state index contributed by atoms with van der Waals surface area (Å²) >= 11 is 0. The molecule has 0 unspecified atom stereocenters. The molecule has 0 bridgehead atoms. The summed E-state index contributed by atoms with van der Waals surface area (Å²) in [6, 6.07) is 3.14. The van der Waals surface area contributed by atoms with Gasteiger partial charge in [-0.2, -0.15) is 0 Å². The molecule has 22 heavy (non-hydrogen) atoms. The molecule has 0 spiro atoms. The molecule has 0 atom stereocenters. The van der Waals surface area contributed by atoms with Gasteiger partial charge in [0.2, 0.25) is 0 Å². The summed E-state index contributed by atoms with van der Waals surface area (Å²) in [6.45, 7) is -0.900. The molecule has 0 fully saturated rings. The van der Waals surface area contributed by atoms with Crippen LogP contribution in [-0.2, 0) is 9.53 Å². The smallest absolute Gasteiger partial charge is 0.497 e. The number of methoxy groups -OCH3 is 1. The average molecular weight is 344 g/mol. The molecule has 9 heteroatoms. The monoisotopic (exact) mass is 344 g/mol. The molecule has 0 N–H and O–H groups in total. The Balaban J connectivity index is 0.00000441. The quantitative estimate of drug-likeness (QED) is 0.533. The van der Waals surface area contributed by atoms with Gasteiger partial charge in [0.1, 0.15) is 11.4 Å². The molecule has 0 aliphatic carbocycles. The Hall–Kier alpha value is -0.219. The number of ether oxygens (including phenoxy) is 3. The molecular formula is C13H17BF3KO4. The third-order valence-corrected chi connectivity index (χ3v) is 2.34. The number of carbonyl (C=O) groups is 1. The fourth-order valence-electron chi connectivity index (χ4n) is 1.54. The van der Waals surface area contributed by atoms with Crippen LogP contribution in [0.4, 0.5) is 12.9 Å². The Bertz CT molecular complexity index is 515. The first-order valence-electron chi connectivity index (χ1n) is 6.25. The van der Waals surface area contributed by atoms with Gasteiger partial charge >= 0.3 is 64.3 Å². The fraction of sp³-hybridized carbons (Fsp3) is 0.462. The normalized spacial score (nSPS) is 11.4. The summed E-state index contributed by atoms with van der Waals surface area (Å²) in [6.07, 6.45) is 0. The second-order valence-electron chi connectivity index (χ2n) is 5.35. The largest absolute Gasteiger partial charge is 1.00 e. The zero-order chi connectivity index (χ0) is 16.3.